The van der Waals surface area contributed by atoms with Crippen LogP contribution in [0.1, 0.15) is 31.2 Å². The van der Waals surface area contributed by atoms with Gasteiger partial charge in [-0.25, -0.2) is 4.98 Å². The summed E-state index contributed by atoms with van der Waals surface area (Å²) in [6, 6.07) is 0. The molecule has 0 aromatic carbocycles. The molecule has 0 aliphatic heterocycles. The van der Waals surface area contributed by atoms with Gasteiger partial charge in [0.25, 0.3) is 0 Å². The van der Waals surface area contributed by atoms with Gasteiger partial charge in [0.05, 0.1) is 5.69 Å². The van der Waals surface area contributed by atoms with E-state index < -0.39 is 5.97 Å². The summed E-state index contributed by atoms with van der Waals surface area (Å²) in [6.07, 6.45) is 1.20. The van der Waals surface area contributed by atoms with Crippen LogP contribution in [0, 0.1) is 0 Å². The summed E-state index contributed by atoms with van der Waals surface area (Å²) in [5, 5.41) is 8.50. The van der Waals surface area contributed by atoms with Crippen LogP contribution in [0.25, 0.3) is 0 Å². The van der Waals surface area contributed by atoms with Gasteiger partial charge in [0.15, 0.2) is 6.39 Å². The molecule has 0 saturated carbocycles. The lowest BCUT2D eigenvalue weighted by Crippen LogP contribution is -2.02. The first-order valence-electron chi connectivity index (χ1n) is 3.75. The summed E-state index contributed by atoms with van der Waals surface area (Å²) in [6.45, 7) is 3.90. The number of rotatable bonds is 3. The molecule has 0 spiro atoms. The number of hydrogen-bond donors (Lipinski definition) is 1. The molecular weight excluding hydrogens is 158 g/mol. The molecule has 12 heavy (non-hydrogen) atoms. The number of aromatic nitrogens is 1. The van der Waals surface area contributed by atoms with Gasteiger partial charge < -0.3 is 9.52 Å². The summed E-state index contributed by atoms with van der Waals surface area (Å²) in [5.41, 5.74) is 0.734. The minimum absolute atomic E-state index is 0.0898. The first-order chi connectivity index (χ1) is 5.61. The fraction of sp³-hybridized carbons (Fsp3) is 0.500. The molecular formula is C8H11NO3. The van der Waals surface area contributed by atoms with Gasteiger partial charge in [-0.15, -0.1) is 0 Å². The van der Waals surface area contributed by atoms with Crippen molar-refractivity contribution in [2.75, 3.05) is 0 Å². The minimum atomic E-state index is -0.895. The Kier molecular flexibility index (Phi) is 2.47. The summed E-state index contributed by atoms with van der Waals surface area (Å²) in [7, 11) is 0. The van der Waals surface area contributed by atoms with Crippen LogP contribution in [0.5, 0.6) is 0 Å². The molecule has 0 aliphatic carbocycles. The Morgan fingerprint density at radius 1 is 1.75 bits per heavy atom. The molecule has 4 nitrogen and oxygen atoms in total. The maximum Gasteiger partial charge on any atom is 0.311 e. The SMILES string of the molecule is CC(C)c1ncoc1CC(=O)O. The maximum absolute atomic E-state index is 10.4. The van der Waals surface area contributed by atoms with Gasteiger partial charge in [0, 0.05) is 0 Å². The van der Waals surface area contributed by atoms with E-state index in [4.69, 9.17) is 9.52 Å². The lowest BCUT2D eigenvalue weighted by Gasteiger charge is -2.00. The zero-order chi connectivity index (χ0) is 9.14. The first kappa shape index (κ1) is 8.77. The van der Waals surface area contributed by atoms with Crippen molar-refractivity contribution >= 4 is 5.97 Å². The molecule has 1 rings (SSSR count). The number of oxazole rings is 1. The van der Waals surface area contributed by atoms with E-state index in [-0.39, 0.29) is 12.3 Å². The molecule has 4 heteroatoms. The predicted octanol–water partition coefficient (Wildman–Crippen LogP) is 1.43. The lowest BCUT2D eigenvalue weighted by atomic mass is 10.1. The zero-order valence-corrected chi connectivity index (χ0v) is 7.07. The molecule has 0 saturated heterocycles. The maximum atomic E-state index is 10.4. The summed E-state index contributed by atoms with van der Waals surface area (Å²) >= 11 is 0. The van der Waals surface area contributed by atoms with Crippen LogP contribution in [0.3, 0.4) is 0 Å². The third kappa shape index (κ3) is 1.84. The van der Waals surface area contributed by atoms with Crippen LogP contribution in [0.2, 0.25) is 0 Å². The molecule has 0 amide bonds. The van der Waals surface area contributed by atoms with Crippen molar-refractivity contribution in [2.45, 2.75) is 26.2 Å². The van der Waals surface area contributed by atoms with Gasteiger partial charge in [0.2, 0.25) is 0 Å². The van der Waals surface area contributed by atoms with Crippen LogP contribution in [0.4, 0.5) is 0 Å². The molecule has 66 valence electrons. The van der Waals surface area contributed by atoms with Gasteiger partial charge in [0.1, 0.15) is 12.2 Å². The third-order valence-electron chi connectivity index (χ3n) is 1.53. The molecule has 0 atom stereocenters. The molecule has 1 aromatic rings. The van der Waals surface area contributed by atoms with Crippen molar-refractivity contribution in [1.29, 1.82) is 0 Å². The largest absolute Gasteiger partial charge is 0.481 e. The number of carboxylic acids is 1. The molecule has 1 aromatic heterocycles. The van der Waals surface area contributed by atoms with Gasteiger partial charge in [-0.3, -0.25) is 4.79 Å². The topological polar surface area (TPSA) is 63.3 Å². The van der Waals surface area contributed by atoms with Gasteiger partial charge in [-0.1, -0.05) is 13.8 Å². The third-order valence-corrected chi connectivity index (χ3v) is 1.53. The van der Waals surface area contributed by atoms with E-state index in [0.29, 0.717) is 5.76 Å². The Labute approximate surface area is 70.2 Å². The van der Waals surface area contributed by atoms with E-state index in [1.807, 2.05) is 13.8 Å². The van der Waals surface area contributed by atoms with Crippen molar-refractivity contribution in [1.82, 2.24) is 4.98 Å². The highest BCUT2D eigenvalue weighted by atomic mass is 16.4. The van der Waals surface area contributed by atoms with Crippen LogP contribution in [-0.4, -0.2) is 16.1 Å². The number of carbonyl (C=O) groups is 1. The molecule has 1 heterocycles. The van der Waals surface area contributed by atoms with Crippen molar-refractivity contribution in [3.8, 4) is 0 Å². The Morgan fingerprint density at radius 3 is 2.92 bits per heavy atom. The van der Waals surface area contributed by atoms with Crippen molar-refractivity contribution in [3.63, 3.8) is 0 Å². The highest BCUT2D eigenvalue weighted by Crippen LogP contribution is 2.17. The second-order valence-electron chi connectivity index (χ2n) is 2.89. The van der Waals surface area contributed by atoms with E-state index in [0.717, 1.165) is 5.69 Å². The highest BCUT2D eigenvalue weighted by molar-refractivity contribution is 5.69. The Hall–Kier alpha value is -1.32. The predicted molar refractivity (Wildman–Crippen MR) is 41.9 cm³/mol. The normalized spacial score (nSPS) is 10.6. The zero-order valence-electron chi connectivity index (χ0n) is 7.07. The highest BCUT2D eigenvalue weighted by Gasteiger charge is 2.14. The van der Waals surface area contributed by atoms with Crippen LogP contribution in [0.15, 0.2) is 10.8 Å². The molecule has 0 bridgehead atoms. The molecule has 0 unspecified atom stereocenters. The number of hydrogen-bond acceptors (Lipinski definition) is 3. The Bertz CT molecular complexity index is 278. The first-order valence-corrected chi connectivity index (χ1v) is 3.75. The molecule has 0 fully saturated rings. The average Bonchev–Trinajstić information content (AvgIpc) is 2.33. The Balaban J connectivity index is 2.84. The second kappa shape index (κ2) is 3.38. The van der Waals surface area contributed by atoms with Crippen molar-refractivity contribution in [2.24, 2.45) is 0 Å². The van der Waals surface area contributed by atoms with Crippen LogP contribution >= 0.6 is 0 Å². The average molecular weight is 169 g/mol. The summed E-state index contributed by atoms with van der Waals surface area (Å²) < 4.78 is 4.94. The van der Waals surface area contributed by atoms with E-state index in [1.54, 1.807) is 0 Å². The quantitative estimate of drug-likeness (QED) is 0.743. The fourth-order valence-electron chi connectivity index (χ4n) is 1.02. The summed E-state index contributed by atoms with van der Waals surface area (Å²) in [4.78, 5) is 14.3. The number of nitrogens with zero attached hydrogens (tertiary/aromatic N) is 1. The molecule has 0 aliphatic rings. The molecule has 0 radical (unpaired) electrons. The van der Waals surface area contributed by atoms with Crippen molar-refractivity contribution in [3.05, 3.63) is 17.8 Å². The lowest BCUT2D eigenvalue weighted by molar-refractivity contribution is -0.136. The van der Waals surface area contributed by atoms with Gasteiger partial charge >= 0.3 is 5.97 Å². The van der Waals surface area contributed by atoms with Crippen LogP contribution in [-0.2, 0) is 11.2 Å². The minimum Gasteiger partial charge on any atom is -0.481 e. The molecule has 1 N–H and O–H groups in total. The number of carboxylic acid groups (broad SMARTS) is 1. The van der Waals surface area contributed by atoms with E-state index in [9.17, 15) is 4.79 Å². The summed E-state index contributed by atoms with van der Waals surface area (Å²) in [5.74, 6) is -0.232. The van der Waals surface area contributed by atoms with Crippen molar-refractivity contribution < 1.29 is 14.3 Å². The monoisotopic (exact) mass is 169 g/mol. The van der Waals surface area contributed by atoms with E-state index in [1.165, 1.54) is 6.39 Å². The van der Waals surface area contributed by atoms with E-state index >= 15 is 0 Å². The standard InChI is InChI=1S/C8H11NO3/c1-5(2)8-6(3-7(10)11)12-4-9-8/h4-5H,3H2,1-2H3,(H,10,11). The smallest absolute Gasteiger partial charge is 0.311 e. The number of aliphatic carboxylic acids is 1. The Morgan fingerprint density at radius 2 is 2.42 bits per heavy atom. The second-order valence-corrected chi connectivity index (χ2v) is 2.89. The van der Waals surface area contributed by atoms with Crippen LogP contribution < -0.4 is 0 Å². The van der Waals surface area contributed by atoms with Gasteiger partial charge in [-0.2, -0.15) is 0 Å². The van der Waals surface area contributed by atoms with Gasteiger partial charge in [-0.05, 0) is 5.92 Å². The van der Waals surface area contributed by atoms with E-state index in [2.05, 4.69) is 4.98 Å². The fourth-order valence-corrected chi connectivity index (χ4v) is 1.02.